The van der Waals surface area contributed by atoms with Crippen LogP contribution in [0.15, 0.2) is 18.2 Å². The van der Waals surface area contributed by atoms with Crippen LogP contribution in [-0.2, 0) is 24.2 Å². The average Bonchev–Trinajstić information content (AvgIpc) is 2.92. The van der Waals surface area contributed by atoms with E-state index in [0.29, 0.717) is 12.1 Å². The lowest BCUT2D eigenvalue weighted by atomic mass is 9.98. The van der Waals surface area contributed by atoms with E-state index >= 15 is 0 Å². The standard InChI is InChI=1S/C16H24N2O/c1-19-16-4-2-3-15(16)18-10-12-5-6-13-7-8-17-11-14(13)9-12/h5-6,9,15-18H,2-4,7-8,10-11H2,1H3. The van der Waals surface area contributed by atoms with E-state index < -0.39 is 0 Å². The molecule has 3 heteroatoms. The van der Waals surface area contributed by atoms with Crippen molar-refractivity contribution in [1.82, 2.24) is 10.6 Å². The van der Waals surface area contributed by atoms with Gasteiger partial charge in [-0.3, -0.25) is 0 Å². The quantitative estimate of drug-likeness (QED) is 0.868. The van der Waals surface area contributed by atoms with Gasteiger partial charge in [0.2, 0.25) is 0 Å². The minimum atomic E-state index is 0.402. The highest BCUT2D eigenvalue weighted by Crippen LogP contribution is 2.22. The molecule has 0 spiro atoms. The first-order chi connectivity index (χ1) is 9.36. The molecule has 1 aromatic rings. The van der Waals surface area contributed by atoms with Gasteiger partial charge in [0.15, 0.2) is 0 Å². The Labute approximate surface area is 115 Å². The van der Waals surface area contributed by atoms with Crippen LogP contribution in [0, 0.1) is 0 Å². The lowest BCUT2D eigenvalue weighted by Gasteiger charge is -2.21. The van der Waals surface area contributed by atoms with Crippen LogP contribution in [-0.4, -0.2) is 25.8 Å². The largest absolute Gasteiger partial charge is 0.380 e. The fourth-order valence-electron chi connectivity index (χ4n) is 3.33. The highest BCUT2D eigenvalue weighted by atomic mass is 16.5. The Bertz CT molecular complexity index is 433. The summed E-state index contributed by atoms with van der Waals surface area (Å²) in [6, 6.07) is 7.45. The zero-order chi connectivity index (χ0) is 13.1. The van der Waals surface area contributed by atoms with Gasteiger partial charge in [-0.25, -0.2) is 0 Å². The molecule has 104 valence electrons. The van der Waals surface area contributed by atoms with Crippen LogP contribution in [0.2, 0.25) is 0 Å². The molecular formula is C16H24N2O. The van der Waals surface area contributed by atoms with Crippen molar-refractivity contribution in [3.63, 3.8) is 0 Å². The SMILES string of the molecule is COC1CCCC1NCc1ccc2c(c1)CNCC2. The summed E-state index contributed by atoms with van der Waals surface area (Å²) in [7, 11) is 1.83. The van der Waals surface area contributed by atoms with Crippen molar-refractivity contribution in [2.75, 3.05) is 13.7 Å². The Morgan fingerprint density at radius 1 is 1.32 bits per heavy atom. The third-order valence-electron chi connectivity index (χ3n) is 4.48. The van der Waals surface area contributed by atoms with Crippen molar-refractivity contribution < 1.29 is 4.74 Å². The second-order valence-electron chi connectivity index (χ2n) is 5.72. The molecule has 19 heavy (non-hydrogen) atoms. The van der Waals surface area contributed by atoms with Gasteiger partial charge in [0.05, 0.1) is 6.10 Å². The van der Waals surface area contributed by atoms with Crippen molar-refractivity contribution in [3.8, 4) is 0 Å². The summed E-state index contributed by atoms with van der Waals surface area (Å²) in [5.74, 6) is 0. The maximum absolute atomic E-state index is 5.53. The molecule has 2 N–H and O–H groups in total. The highest BCUT2D eigenvalue weighted by Gasteiger charge is 2.26. The zero-order valence-electron chi connectivity index (χ0n) is 11.7. The summed E-state index contributed by atoms with van der Waals surface area (Å²) in [5.41, 5.74) is 4.38. The van der Waals surface area contributed by atoms with Crippen LogP contribution in [0.4, 0.5) is 0 Å². The van der Waals surface area contributed by atoms with E-state index in [0.717, 1.165) is 26.1 Å². The molecule has 2 unspecified atom stereocenters. The number of hydrogen-bond donors (Lipinski definition) is 2. The van der Waals surface area contributed by atoms with Gasteiger partial charge in [0.25, 0.3) is 0 Å². The van der Waals surface area contributed by atoms with E-state index in [1.807, 2.05) is 7.11 Å². The Morgan fingerprint density at radius 3 is 3.16 bits per heavy atom. The molecule has 3 rings (SSSR count). The number of hydrogen-bond acceptors (Lipinski definition) is 3. The normalized spacial score (nSPS) is 26.4. The van der Waals surface area contributed by atoms with Crippen LogP contribution in [0.3, 0.4) is 0 Å². The average molecular weight is 260 g/mol. The number of rotatable bonds is 4. The monoisotopic (exact) mass is 260 g/mol. The van der Waals surface area contributed by atoms with Crippen LogP contribution >= 0.6 is 0 Å². The number of methoxy groups -OCH3 is 1. The van der Waals surface area contributed by atoms with Crippen molar-refractivity contribution in [3.05, 3.63) is 34.9 Å². The first kappa shape index (κ1) is 13.1. The Morgan fingerprint density at radius 2 is 2.26 bits per heavy atom. The highest BCUT2D eigenvalue weighted by molar-refractivity contribution is 5.33. The van der Waals surface area contributed by atoms with Crippen LogP contribution < -0.4 is 10.6 Å². The lowest BCUT2D eigenvalue weighted by Crippen LogP contribution is -2.36. The molecule has 1 aromatic carbocycles. The first-order valence-corrected chi connectivity index (χ1v) is 7.44. The van der Waals surface area contributed by atoms with Crippen LogP contribution in [0.1, 0.15) is 36.0 Å². The molecular weight excluding hydrogens is 236 g/mol. The van der Waals surface area contributed by atoms with Gasteiger partial charge in [-0.05, 0) is 48.9 Å². The second kappa shape index (κ2) is 6.04. The number of benzene rings is 1. The molecule has 2 atom stereocenters. The van der Waals surface area contributed by atoms with Crippen molar-refractivity contribution >= 4 is 0 Å². The van der Waals surface area contributed by atoms with Gasteiger partial charge in [0, 0.05) is 26.2 Å². The van der Waals surface area contributed by atoms with E-state index in [2.05, 4.69) is 28.8 Å². The molecule has 3 nitrogen and oxygen atoms in total. The van der Waals surface area contributed by atoms with Gasteiger partial charge < -0.3 is 15.4 Å². The number of nitrogens with one attached hydrogen (secondary N) is 2. The second-order valence-corrected chi connectivity index (χ2v) is 5.72. The molecule has 0 amide bonds. The summed E-state index contributed by atoms with van der Waals surface area (Å²) in [6.45, 7) is 3.09. The Balaban J connectivity index is 1.60. The maximum Gasteiger partial charge on any atom is 0.0724 e. The third kappa shape index (κ3) is 2.99. The number of ether oxygens (including phenoxy) is 1. The van der Waals surface area contributed by atoms with Crippen molar-refractivity contribution in [1.29, 1.82) is 0 Å². The molecule has 0 saturated heterocycles. The fraction of sp³-hybridized carbons (Fsp3) is 0.625. The molecule has 0 bridgehead atoms. The van der Waals surface area contributed by atoms with E-state index in [-0.39, 0.29) is 0 Å². The van der Waals surface area contributed by atoms with Gasteiger partial charge in [-0.2, -0.15) is 0 Å². The smallest absolute Gasteiger partial charge is 0.0724 e. The van der Waals surface area contributed by atoms with Gasteiger partial charge >= 0.3 is 0 Å². The van der Waals surface area contributed by atoms with E-state index in [9.17, 15) is 0 Å². The van der Waals surface area contributed by atoms with Gasteiger partial charge in [-0.1, -0.05) is 18.2 Å². The van der Waals surface area contributed by atoms with Crippen molar-refractivity contribution in [2.45, 2.75) is 50.9 Å². The molecule has 0 aromatic heterocycles. The molecule has 1 aliphatic heterocycles. The zero-order valence-corrected chi connectivity index (χ0v) is 11.7. The molecule has 1 aliphatic carbocycles. The minimum absolute atomic E-state index is 0.402. The maximum atomic E-state index is 5.53. The molecule has 1 heterocycles. The molecule has 1 saturated carbocycles. The van der Waals surface area contributed by atoms with Crippen LogP contribution in [0.5, 0.6) is 0 Å². The van der Waals surface area contributed by atoms with Gasteiger partial charge in [-0.15, -0.1) is 0 Å². The van der Waals surface area contributed by atoms with Crippen molar-refractivity contribution in [2.24, 2.45) is 0 Å². The Hall–Kier alpha value is -0.900. The Kier molecular flexibility index (Phi) is 4.16. The van der Waals surface area contributed by atoms with Crippen LogP contribution in [0.25, 0.3) is 0 Å². The minimum Gasteiger partial charge on any atom is -0.380 e. The summed E-state index contributed by atoms with van der Waals surface area (Å²) in [6.07, 6.45) is 5.29. The predicted octanol–water partition coefficient (Wildman–Crippen LogP) is 1.99. The summed E-state index contributed by atoms with van der Waals surface area (Å²) in [5, 5.41) is 7.10. The number of fused-ring (bicyclic) bond motifs is 1. The van der Waals surface area contributed by atoms with Gasteiger partial charge in [0.1, 0.15) is 0 Å². The summed E-state index contributed by atoms with van der Waals surface area (Å²) >= 11 is 0. The summed E-state index contributed by atoms with van der Waals surface area (Å²) in [4.78, 5) is 0. The van der Waals surface area contributed by atoms with E-state index in [4.69, 9.17) is 4.74 Å². The topological polar surface area (TPSA) is 33.3 Å². The fourth-order valence-corrected chi connectivity index (χ4v) is 3.33. The molecule has 2 aliphatic rings. The third-order valence-corrected chi connectivity index (χ3v) is 4.48. The van der Waals surface area contributed by atoms with E-state index in [1.165, 1.54) is 36.0 Å². The molecule has 0 radical (unpaired) electrons. The lowest BCUT2D eigenvalue weighted by molar-refractivity contribution is 0.0847. The molecule has 1 fully saturated rings. The predicted molar refractivity (Wildman–Crippen MR) is 77.1 cm³/mol. The first-order valence-electron chi connectivity index (χ1n) is 7.44. The van der Waals surface area contributed by atoms with E-state index in [1.54, 1.807) is 0 Å². The summed E-state index contributed by atoms with van der Waals surface area (Å²) < 4.78 is 5.53.